The monoisotopic (exact) mass is 537 g/mol. The van der Waals surface area contributed by atoms with Gasteiger partial charge in [-0.2, -0.15) is 5.10 Å². The summed E-state index contributed by atoms with van der Waals surface area (Å²) in [6.45, 7) is 0.830. The third kappa shape index (κ3) is 4.73. The number of anilines is 1. The summed E-state index contributed by atoms with van der Waals surface area (Å²) in [5.41, 5.74) is 3.99. The summed E-state index contributed by atoms with van der Waals surface area (Å²) in [6, 6.07) is 20.0. The van der Waals surface area contributed by atoms with Gasteiger partial charge < -0.3 is 14.5 Å². The Morgan fingerprint density at radius 1 is 1.05 bits per heavy atom. The van der Waals surface area contributed by atoms with E-state index in [0.29, 0.717) is 47.4 Å². The summed E-state index contributed by atoms with van der Waals surface area (Å²) in [4.78, 5) is 34.5. The minimum atomic E-state index is -0.802. The van der Waals surface area contributed by atoms with E-state index in [0.717, 1.165) is 11.1 Å². The largest absolute Gasteiger partial charge is 0.489 e. The molecular weight excluding hydrogens is 514 g/mol. The maximum atomic E-state index is 13.6. The lowest BCUT2D eigenvalue weighted by Crippen LogP contribution is -2.54. The van der Waals surface area contributed by atoms with Crippen LogP contribution in [0.4, 0.5) is 5.69 Å². The van der Waals surface area contributed by atoms with Crippen molar-refractivity contribution in [3.8, 4) is 17.6 Å². The van der Waals surface area contributed by atoms with Crippen LogP contribution in [0.3, 0.4) is 0 Å². The lowest BCUT2D eigenvalue weighted by molar-refractivity contribution is -0.123. The quantitative estimate of drug-likeness (QED) is 0.371. The summed E-state index contributed by atoms with van der Waals surface area (Å²) in [5, 5.41) is 5.00. The number of benzene rings is 2. The fourth-order valence-corrected chi connectivity index (χ4v) is 5.14. The number of hydrogen-bond acceptors (Lipinski definition) is 5. The number of fused-ring (bicyclic) bond motifs is 2. The van der Waals surface area contributed by atoms with Crippen LogP contribution in [-0.2, 0) is 17.8 Å². The number of aromatic nitrogens is 3. The Labute approximate surface area is 230 Å². The second kappa shape index (κ2) is 10.3. The predicted octanol–water partition coefficient (Wildman–Crippen LogP) is 3.80. The van der Waals surface area contributed by atoms with Gasteiger partial charge in [0.05, 0.1) is 12.2 Å². The minimum absolute atomic E-state index is 0.0364. The van der Waals surface area contributed by atoms with E-state index in [4.69, 9.17) is 16.3 Å². The Balaban J connectivity index is 1.23. The van der Waals surface area contributed by atoms with Crippen LogP contribution in [0.1, 0.15) is 32.9 Å². The molecule has 2 aliphatic heterocycles. The zero-order valence-corrected chi connectivity index (χ0v) is 21.9. The normalized spacial score (nSPS) is 16.5. The molecule has 0 aliphatic carbocycles. The number of likely N-dealkylation sites (N-methyl/N-ethyl adjacent to an activating group) is 1. The zero-order valence-electron chi connectivity index (χ0n) is 21.2. The first-order valence-electron chi connectivity index (χ1n) is 12.6. The topological polar surface area (TPSA) is 80.6 Å². The molecule has 39 heavy (non-hydrogen) atoms. The van der Waals surface area contributed by atoms with Gasteiger partial charge in [-0.15, -0.1) is 0 Å². The number of halogens is 1. The summed E-state index contributed by atoms with van der Waals surface area (Å²) < 4.78 is 7.69. The Kier molecular flexibility index (Phi) is 6.51. The van der Waals surface area contributed by atoms with E-state index in [2.05, 4.69) is 21.9 Å². The molecule has 0 unspecified atom stereocenters. The van der Waals surface area contributed by atoms with Gasteiger partial charge in [-0.3, -0.25) is 9.59 Å². The van der Waals surface area contributed by atoms with Crippen LogP contribution in [0.15, 0.2) is 72.9 Å². The van der Waals surface area contributed by atoms with Crippen molar-refractivity contribution >= 4 is 29.1 Å². The molecule has 4 heterocycles. The molecule has 9 heteroatoms. The number of carbonyl (C=O) groups excluding carboxylic acids is 2. The molecule has 1 atom stereocenters. The number of pyridine rings is 1. The Bertz CT molecular complexity index is 1630. The fraction of sp³-hybridized carbons (Fsp3) is 0.200. The van der Waals surface area contributed by atoms with E-state index in [1.54, 1.807) is 28.9 Å². The van der Waals surface area contributed by atoms with Crippen molar-refractivity contribution in [2.45, 2.75) is 19.0 Å². The van der Waals surface area contributed by atoms with E-state index >= 15 is 0 Å². The molecule has 194 valence electrons. The van der Waals surface area contributed by atoms with Gasteiger partial charge in [-0.25, -0.2) is 9.67 Å². The summed E-state index contributed by atoms with van der Waals surface area (Å²) in [6.07, 6.45) is 2.19. The molecule has 0 saturated heterocycles. The zero-order chi connectivity index (χ0) is 26.9. The van der Waals surface area contributed by atoms with Crippen LogP contribution in [-0.4, -0.2) is 57.7 Å². The summed E-state index contributed by atoms with van der Waals surface area (Å²) in [5.74, 6) is 6.11. The maximum Gasteiger partial charge on any atom is 0.275 e. The molecule has 0 N–H and O–H groups in total. The summed E-state index contributed by atoms with van der Waals surface area (Å²) >= 11 is 6.62. The van der Waals surface area contributed by atoms with E-state index in [9.17, 15) is 9.59 Å². The average Bonchev–Trinajstić information content (AvgIpc) is 3.23. The SMILES string of the molecule is CN1C(=O)[C@@H](N2CCc3c(nn(Cc4ccccc4)c3Cl)C2=O)COc2ccc(C#Cc3ccccn3)cc21. The van der Waals surface area contributed by atoms with Crippen LogP contribution in [0.2, 0.25) is 5.15 Å². The Hall–Kier alpha value is -4.61. The van der Waals surface area contributed by atoms with Gasteiger partial charge in [0, 0.05) is 30.9 Å². The number of amides is 2. The Morgan fingerprint density at radius 2 is 1.87 bits per heavy atom. The molecule has 0 radical (unpaired) electrons. The van der Waals surface area contributed by atoms with Crippen molar-refractivity contribution in [2.24, 2.45) is 0 Å². The first-order chi connectivity index (χ1) is 19.0. The molecule has 6 rings (SSSR count). The number of ether oxygens (including phenoxy) is 1. The lowest BCUT2D eigenvalue weighted by Gasteiger charge is -2.33. The van der Waals surface area contributed by atoms with Crippen molar-refractivity contribution in [1.82, 2.24) is 19.7 Å². The third-order valence-corrected chi connectivity index (χ3v) is 7.36. The number of carbonyl (C=O) groups is 2. The first kappa shape index (κ1) is 24.7. The molecule has 0 saturated carbocycles. The predicted molar refractivity (Wildman–Crippen MR) is 147 cm³/mol. The molecule has 2 amide bonds. The average molecular weight is 538 g/mol. The van der Waals surface area contributed by atoms with Crippen molar-refractivity contribution in [1.29, 1.82) is 0 Å². The van der Waals surface area contributed by atoms with Crippen LogP contribution >= 0.6 is 11.6 Å². The van der Waals surface area contributed by atoms with Gasteiger partial charge in [-0.05, 0) is 48.2 Å². The highest BCUT2D eigenvalue weighted by Crippen LogP contribution is 2.34. The number of rotatable bonds is 3. The summed E-state index contributed by atoms with van der Waals surface area (Å²) in [7, 11) is 1.68. The standard InChI is InChI=1S/C30H24ClN5O3/c1-34-24-17-20(10-12-22-9-5-6-15-32-22)11-13-26(24)39-19-25(29(34)37)35-16-14-23-27(30(35)38)33-36(28(23)31)18-21-7-3-2-4-8-21/h2-9,11,13,15,17,25H,14,16,18-19H2,1H3/t25-/m0/s1. The van der Waals surface area contributed by atoms with Crippen LogP contribution in [0.25, 0.3) is 0 Å². The third-order valence-electron chi connectivity index (χ3n) is 6.93. The number of nitrogens with zero attached hydrogens (tertiary/aromatic N) is 5. The molecule has 2 aliphatic rings. The van der Waals surface area contributed by atoms with Crippen molar-refractivity contribution in [3.05, 3.63) is 106 Å². The molecule has 2 aromatic heterocycles. The van der Waals surface area contributed by atoms with Crippen molar-refractivity contribution < 1.29 is 14.3 Å². The van der Waals surface area contributed by atoms with Gasteiger partial charge in [0.1, 0.15) is 29.2 Å². The van der Waals surface area contributed by atoms with Crippen molar-refractivity contribution in [2.75, 3.05) is 25.1 Å². The first-order valence-corrected chi connectivity index (χ1v) is 12.9. The van der Waals surface area contributed by atoms with Crippen LogP contribution < -0.4 is 9.64 Å². The lowest BCUT2D eigenvalue weighted by atomic mass is 10.0. The van der Waals surface area contributed by atoms with E-state index in [-0.39, 0.29) is 24.1 Å². The number of hydrogen-bond donors (Lipinski definition) is 0. The van der Waals surface area contributed by atoms with Crippen LogP contribution in [0.5, 0.6) is 5.75 Å². The minimum Gasteiger partial charge on any atom is -0.489 e. The second-order valence-corrected chi connectivity index (χ2v) is 9.74. The molecule has 8 nitrogen and oxygen atoms in total. The Morgan fingerprint density at radius 3 is 2.67 bits per heavy atom. The molecular formula is C30H24ClN5O3. The second-order valence-electron chi connectivity index (χ2n) is 9.38. The molecule has 4 aromatic rings. The smallest absolute Gasteiger partial charge is 0.275 e. The van der Waals surface area contributed by atoms with Gasteiger partial charge >= 0.3 is 0 Å². The fourth-order valence-electron chi connectivity index (χ4n) is 4.86. The molecule has 0 fully saturated rings. The highest BCUT2D eigenvalue weighted by molar-refractivity contribution is 6.31. The van der Waals surface area contributed by atoms with Crippen molar-refractivity contribution in [3.63, 3.8) is 0 Å². The highest BCUT2D eigenvalue weighted by Gasteiger charge is 2.40. The highest BCUT2D eigenvalue weighted by atomic mass is 35.5. The molecule has 0 bridgehead atoms. The van der Waals surface area contributed by atoms with Gasteiger partial charge in [-0.1, -0.05) is 53.9 Å². The molecule has 2 aromatic carbocycles. The van der Waals surface area contributed by atoms with E-state index < -0.39 is 6.04 Å². The maximum absolute atomic E-state index is 13.6. The van der Waals surface area contributed by atoms with Gasteiger partial charge in [0.25, 0.3) is 11.8 Å². The molecule has 0 spiro atoms. The van der Waals surface area contributed by atoms with Crippen LogP contribution in [0, 0.1) is 11.8 Å². The van der Waals surface area contributed by atoms with Gasteiger partial charge in [0.2, 0.25) is 0 Å². The van der Waals surface area contributed by atoms with E-state index in [1.807, 2.05) is 60.7 Å². The van der Waals surface area contributed by atoms with E-state index in [1.165, 1.54) is 4.90 Å². The van der Waals surface area contributed by atoms with Gasteiger partial charge in [0.15, 0.2) is 5.69 Å².